The molecular weight excluding hydrogens is 254 g/mol. The third-order valence-electron chi connectivity index (χ3n) is 2.76. The standard InChI is InChI=1S/C16H17NO3/c1-12(2)20-16(19)14-7-5-6-13(10-14)11-17-9-4-3-8-15(17)18/h3-10,12H,11H2,1-2H3. The molecule has 1 aromatic carbocycles. The predicted octanol–water partition coefficient (Wildman–Crippen LogP) is 2.46. The number of pyridine rings is 1. The lowest BCUT2D eigenvalue weighted by Gasteiger charge is -2.09. The van der Waals surface area contributed by atoms with Gasteiger partial charge in [0.25, 0.3) is 5.56 Å². The van der Waals surface area contributed by atoms with E-state index in [1.165, 1.54) is 6.07 Å². The Morgan fingerprint density at radius 1 is 1.20 bits per heavy atom. The minimum Gasteiger partial charge on any atom is -0.459 e. The van der Waals surface area contributed by atoms with Gasteiger partial charge >= 0.3 is 5.97 Å². The first kappa shape index (κ1) is 14.1. The Balaban J connectivity index is 2.20. The van der Waals surface area contributed by atoms with Crippen LogP contribution >= 0.6 is 0 Å². The van der Waals surface area contributed by atoms with Crippen molar-refractivity contribution in [2.75, 3.05) is 0 Å². The molecule has 2 aromatic rings. The van der Waals surface area contributed by atoms with Crippen LogP contribution in [0, 0.1) is 0 Å². The fraction of sp³-hybridized carbons (Fsp3) is 0.250. The number of hydrogen-bond acceptors (Lipinski definition) is 3. The van der Waals surface area contributed by atoms with Crippen LogP contribution in [-0.2, 0) is 11.3 Å². The van der Waals surface area contributed by atoms with Crippen molar-refractivity contribution in [2.45, 2.75) is 26.5 Å². The van der Waals surface area contributed by atoms with E-state index in [1.54, 1.807) is 41.1 Å². The van der Waals surface area contributed by atoms with Crippen molar-refractivity contribution in [3.63, 3.8) is 0 Å². The van der Waals surface area contributed by atoms with Crippen LogP contribution in [0.2, 0.25) is 0 Å². The Morgan fingerprint density at radius 2 is 2.00 bits per heavy atom. The molecule has 0 radical (unpaired) electrons. The molecule has 1 aromatic heterocycles. The van der Waals surface area contributed by atoms with E-state index in [2.05, 4.69) is 0 Å². The van der Waals surface area contributed by atoms with E-state index in [9.17, 15) is 9.59 Å². The molecule has 0 bridgehead atoms. The normalized spacial score (nSPS) is 10.6. The zero-order chi connectivity index (χ0) is 14.5. The second-order valence-electron chi connectivity index (χ2n) is 4.82. The number of esters is 1. The van der Waals surface area contributed by atoms with Crippen molar-refractivity contribution >= 4 is 5.97 Å². The highest BCUT2D eigenvalue weighted by Gasteiger charge is 2.09. The Morgan fingerprint density at radius 3 is 2.70 bits per heavy atom. The second kappa shape index (κ2) is 6.19. The summed E-state index contributed by atoms with van der Waals surface area (Å²) in [5, 5.41) is 0. The van der Waals surface area contributed by atoms with Crippen molar-refractivity contribution in [3.8, 4) is 0 Å². The van der Waals surface area contributed by atoms with Crippen LogP contribution in [0.5, 0.6) is 0 Å². The number of hydrogen-bond donors (Lipinski definition) is 0. The van der Waals surface area contributed by atoms with E-state index in [1.807, 2.05) is 19.9 Å². The molecule has 0 atom stereocenters. The van der Waals surface area contributed by atoms with Gasteiger partial charge in [0.05, 0.1) is 18.2 Å². The highest BCUT2D eigenvalue weighted by atomic mass is 16.5. The quantitative estimate of drug-likeness (QED) is 0.803. The molecular formula is C16H17NO3. The molecule has 2 rings (SSSR count). The fourth-order valence-corrected chi connectivity index (χ4v) is 1.87. The van der Waals surface area contributed by atoms with Crippen LogP contribution in [0.15, 0.2) is 53.5 Å². The summed E-state index contributed by atoms with van der Waals surface area (Å²) in [6.45, 7) is 4.05. The largest absolute Gasteiger partial charge is 0.459 e. The predicted molar refractivity (Wildman–Crippen MR) is 76.8 cm³/mol. The lowest BCUT2D eigenvalue weighted by atomic mass is 10.1. The van der Waals surface area contributed by atoms with Gasteiger partial charge in [-0.1, -0.05) is 18.2 Å². The number of nitrogens with zero attached hydrogens (tertiary/aromatic N) is 1. The van der Waals surface area contributed by atoms with Gasteiger partial charge in [0.1, 0.15) is 0 Å². The summed E-state index contributed by atoms with van der Waals surface area (Å²) in [4.78, 5) is 23.5. The number of carbonyl (C=O) groups is 1. The monoisotopic (exact) mass is 271 g/mol. The maximum Gasteiger partial charge on any atom is 0.338 e. The molecule has 0 spiro atoms. The fourth-order valence-electron chi connectivity index (χ4n) is 1.87. The van der Waals surface area contributed by atoms with E-state index < -0.39 is 0 Å². The summed E-state index contributed by atoms with van der Waals surface area (Å²) >= 11 is 0. The average molecular weight is 271 g/mol. The van der Waals surface area contributed by atoms with Crippen LogP contribution in [0.25, 0.3) is 0 Å². The summed E-state index contributed by atoms with van der Waals surface area (Å²) < 4.78 is 6.75. The summed E-state index contributed by atoms with van der Waals surface area (Å²) in [6, 6.07) is 12.2. The third kappa shape index (κ3) is 3.57. The van der Waals surface area contributed by atoms with E-state index in [-0.39, 0.29) is 17.6 Å². The first-order valence-corrected chi connectivity index (χ1v) is 6.51. The first-order valence-electron chi connectivity index (χ1n) is 6.51. The SMILES string of the molecule is CC(C)OC(=O)c1cccc(Cn2ccccc2=O)c1. The Labute approximate surface area is 117 Å². The van der Waals surface area contributed by atoms with Gasteiger partial charge in [0.15, 0.2) is 0 Å². The molecule has 104 valence electrons. The topological polar surface area (TPSA) is 48.3 Å². The minimum absolute atomic E-state index is 0.0670. The molecule has 4 nitrogen and oxygen atoms in total. The molecule has 0 aliphatic heterocycles. The van der Waals surface area contributed by atoms with Gasteiger partial charge in [-0.15, -0.1) is 0 Å². The number of aromatic nitrogens is 1. The van der Waals surface area contributed by atoms with Gasteiger partial charge in [-0.3, -0.25) is 4.79 Å². The molecule has 0 saturated heterocycles. The molecule has 0 unspecified atom stereocenters. The number of rotatable bonds is 4. The van der Waals surface area contributed by atoms with Crippen LogP contribution in [0.1, 0.15) is 29.8 Å². The van der Waals surface area contributed by atoms with E-state index >= 15 is 0 Å². The minimum atomic E-state index is -0.345. The highest BCUT2D eigenvalue weighted by Crippen LogP contribution is 2.09. The highest BCUT2D eigenvalue weighted by molar-refractivity contribution is 5.89. The molecule has 0 fully saturated rings. The number of carbonyl (C=O) groups excluding carboxylic acids is 1. The molecule has 0 aliphatic rings. The van der Waals surface area contributed by atoms with E-state index in [0.29, 0.717) is 12.1 Å². The first-order chi connectivity index (χ1) is 9.56. The van der Waals surface area contributed by atoms with Crippen molar-refractivity contribution < 1.29 is 9.53 Å². The van der Waals surface area contributed by atoms with Crippen molar-refractivity contribution in [3.05, 3.63) is 70.1 Å². The average Bonchev–Trinajstić information content (AvgIpc) is 2.41. The summed E-state index contributed by atoms with van der Waals surface area (Å²) in [5.41, 5.74) is 1.32. The maximum absolute atomic E-state index is 11.8. The van der Waals surface area contributed by atoms with Crippen LogP contribution in [0.4, 0.5) is 0 Å². The molecule has 0 amide bonds. The molecule has 0 saturated carbocycles. The molecule has 0 N–H and O–H groups in total. The van der Waals surface area contributed by atoms with Gasteiger partial charge < -0.3 is 9.30 Å². The third-order valence-corrected chi connectivity index (χ3v) is 2.76. The number of ether oxygens (including phenoxy) is 1. The second-order valence-corrected chi connectivity index (χ2v) is 4.82. The van der Waals surface area contributed by atoms with Crippen molar-refractivity contribution in [1.82, 2.24) is 4.57 Å². The Kier molecular flexibility index (Phi) is 4.35. The molecule has 1 heterocycles. The van der Waals surface area contributed by atoms with Gasteiger partial charge in [0.2, 0.25) is 0 Å². The van der Waals surface area contributed by atoms with E-state index in [4.69, 9.17) is 4.74 Å². The lowest BCUT2D eigenvalue weighted by Crippen LogP contribution is -2.18. The summed E-state index contributed by atoms with van der Waals surface area (Å²) in [7, 11) is 0. The van der Waals surface area contributed by atoms with Gasteiger partial charge in [-0.25, -0.2) is 4.79 Å². The molecule has 0 aliphatic carbocycles. The van der Waals surface area contributed by atoms with Crippen LogP contribution in [0.3, 0.4) is 0 Å². The molecule has 20 heavy (non-hydrogen) atoms. The van der Waals surface area contributed by atoms with Crippen LogP contribution < -0.4 is 5.56 Å². The van der Waals surface area contributed by atoms with Crippen molar-refractivity contribution in [1.29, 1.82) is 0 Å². The van der Waals surface area contributed by atoms with E-state index in [0.717, 1.165) is 5.56 Å². The van der Waals surface area contributed by atoms with Gasteiger partial charge in [-0.05, 0) is 37.6 Å². The molecule has 4 heteroatoms. The Hall–Kier alpha value is -2.36. The number of benzene rings is 1. The Bertz CT molecular complexity index is 659. The van der Waals surface area contributed by atoms with Crippen LogP contribution in [-0.4, -0.2) is 16.6 Å². The summed E-state index contributed by atoms with van der Waals surface area (Å²) in [5.74, 6) is -0.345. The smallest absolute Gasteiger partial charge is 0.338 e. The summed E-state index contributed by atoms with van der Waals surface area (Å²) in [6.07, 6.45) is 1.57. The maximum atomic E-state index is 11.8. The lowest BCUT2D eigenvalue weighted by molar-refractivity contribution is 0.0378. The zero-order valence-electron chi connectivity index (χ0n) is 11.6. The van der Waals surface area contributed by atoms with Gasteiger partial charge in [0, 0.05) is 12.3 Å². The zero-order valence-corrected chi connectivity index (χ0v) is 11.6. The van der Waals surface area contributed by atoms with Crippen molar-refractivity contribution in [2.24, 2.45) is 0 Å². The van der Waals surface area contributed by atoms with Gasteiger partial charge in [-0.2, -0.15) is 0 Å².